The summed E-state index contributed by atoms with van der Waals surface area (Å²) >= 11 is 0. The Hall–Kier alpha value is -0.600. The van der Waals surface area contributed by atoms with Crippen molar-refractivity contribution in [2.45, 2.75) is 26.1 Å². The van der Waals surface area contributed by atoms with Crippen molar-refractivity contribution in [3.8, 4) is 0 Å². The van der Waals surface area contributed by atoms with E-state index in [1.807, 2.05) is 19.9 Å². The zero-order valence-electron chi connectivity index (χ0n) is 7.80. The van der Waals surface area contributed by atoms with Crippen molar-refractivity contribution in [1.29, 1.82) is 0 Å². The first-order valence-corrected chi connectivity index (χ1v) is 4.26. The van der Waals surface area contributed by atoms with Gasteiger partial charge in [-0.25, -0.2) is 0 Å². The molecule has 68 valence electrons. The molecule has 0 radical (unpaired) electrons. The summed E-state index contributed by atoms with van der Waals surface area (Å²) < 4.78 is 11.0. The third-order valence-corrected chi connectivity index (χ3v) is 1.72. The Kier molecular flexibility index (Phi) is 3.06. The first-order chi connectivity index (χ1) is 5.68. The number of rotatable bonds is 2. The van der Waals surface area contributed by atoms with Gasteiger partial charge in [0.05, 0.1) is 13.2 Å². The highest BCUT2D eigenvalue weighted by Gasteiger charge is 2.28. The summed E-state index contributed by atoms with van der Waals surface area (Å²) in [5.74, 6) is -0.656. The summed E-state index contributed by atoms with van der Waals surface area (Å²) in [4.78, 5) is 0. The van der Waals surface area contributed by atoms with Crippen molar-refractivity contribution in [1.82, 2.24) is 0 Å². The zero-order valence-corrected chi connectivity index (χ0v) is 7.80. The first-order valence-electron chi connectivity index (χ1n) is 4.26. The van der Waals surface area contributed by atoms with E-state index in [-0.39, 0.29) is 0 Å². The van der Waals surface area contributed by atoms with Gasteiger partial charge in [0.1, 0.15) is 0 Å². The van der Waals surface area contributed by atoms with Crippen LogP contribution in [0.1, 0.15) is 20.3 Å². The van der Waals surface area contributed by atoms with Crippen LogP contribution in [-0.2, 0) is 9.47 Å². The van der Waals surface area contributed by atoms with Crippen molar-refractivity contribution in [2.24, 2.45) is 0 Å². The number of allylic oxidation sites excluding steroid dienone is 1. The predicted molar refractivity (Wildman–Crippen MR) is 48.9 cm³/mol. The molecule has 0 saturated carbocycles. The van der Waals surface area contributed by atoms with Gasteiger partial charge in [-0.15, -0.1) is 0 Å². The van der Waals surface area contributed by atoms with E-state index in [0.29, 0.717) is 0 Å². The molecule has 1 saturated heterocycles. The Bertz CT molecular complexity index is 184. The summed E-state index contributed by atoms with van der Waals surface area (Å²) in [7, 11) is 0. The largest absolute Gasteiger partial charge is 0.343 e. The monoisotopic (exact) mass is 168 g/mol. The van der Waals surface area contributed by atoms with Crippen molar-refractivity contribution < 1.29 is 9.47 Å². The molecule has 0 aromatic rings. The van der Waals surface area contributed by atoms with Crippen LogP contribution in [0.3, 0.4) is 0 Å². The highest BCUT2D eigenvalue weighted by Crippen LogP contribution is 2.22. The van der Waals surface area contributed by atoms with Crippen LogP contribution < -0.4 is 0 Å². The van der Waals surface area contributed by atoms with Gasteiger partial charge in [0.2, 0.25) is 5.79 Å². The molecule has 0 aromatic carbocycles. The van der Waals surface area contributed by atoms with Gasteiger partial charge >= 0.3 is 0 Å². The maximum atomic E-state index is 5.51. The van der Waals surface area contributed by atoms with E-state index in [2.05, 4.69) is 6.58 Å². The van der Waals surface area contributed by atoms with Gasteiger partial charge in [0.25, 0.3) is 0 Å². The van der Waals surface area contributed by atoms with E-state index in [1.54, 1.807) is 6.08 Å². The Morgan fingerprint density at radius 2 is 1.92 bits per heavy atom. The topological polar surface area (TPSA) is 18.5 Å². The summed E-state index contributed by atoms with van der Waals surface area (Å²) in [6.45, 7) is 9.25. The maximum absolute atomic E-state index is 5.51. The number of hydrogen-bond acceptors (Lipinski definition) is 2. The van der Waals surface area contributed by atoms with Crippen molar-refractivity contribution in [3.63, 3.8) is 0 Å². The SMILES string of the molecule is C=CC1(C=C(C)C)OCCCO1. The molecule has 0 spiro atoms. The summed E-state index contributed by atoms with van der Waals surface area (Å²) in [6.07, 6.45) is 4.63. The molecule has 0 amide bonds. The van der Waals surface area contributed by atoms with E-state index >= 15 is 0 Å². The van der Waals surface area contributed by atoms with Gasteiger partial charge < -0.3 is 9.47 Å². The van der Waals surface area contributed by atoms with E-state index < -0.39 is 5.79 Å². The maximum Gasteiger partial charge on any atom is 0.207 e. The van der Waals surface area contributed by atoms with E-state index in [1.165, 1.54) is 5.57 Å². The molecule has 12 heavy (non-hydrogen) atoms. The second kappa shape index (κ2) is 3.87. The van der Waals surface area contributed by atoms with Crippen LogP contribution in [0.15, 0.2) is 24.3 Å². The third kappa shape index (κ3) is 2.19. The lowest BCUT2D eigenvalue weighted by Crippen LogP contribution is -2.36. The fourth-order valence-corrected chi connectivity index (χ4v) is 1.23. The third-order valence-electron chi connectivity index (χ3n) is 1.72. The van der Waals surface area contributed by atoms with E-state index in [9.17, 15) is 0 Å². The first kappa shape index (κ1) is 9.49. The Labute approximate surface area is 73.9 Å². The minimum Gasteiger partial charge on any atom is -0.343 e. The highest BCUT2D eigenvalue weighted by atomic mass is 16.7. The fourth-order valence-electron chi connectivity index (χ4n) is 1.23. The predicted octanol–water partition coefficient (Wildman–Crippen LogP) is 2.27. The van der Waals surface area contributed by atoms with Gasteiger partial charge in [0, 0.05) is 0 Å². The van der Waals surface area contributed by atoms with Gasteiger partial charge in [-0.3, -0.25) is 0 Å². The van der Waals surface area contributed by atoms with Crippen molar-refractivity contribution >= 4 is 0 Å². The molecular weight excluding hydrogens is 152 g/mol. The molecule has 0 aliphatic carbocycles. The van der Waals surface area contributed by atoms with Gasteiger partial charge in [-0.1, -0.05) is 12.2 Å². The second-order valence-corrected chi connectivity index (χ2v) is 3.20. The molecule has 2 heteroatoms. The second-order valence-electron chi connectivity index (χ2n) is 3.20. The normalized spacial score (nSPS) is 21.5. The standard InChI is InChI=1S/C10H16O2/c1-4-10(8-9(2)3)11-6-5-7-12-10/h4,8H,1,5-7H2,2-3H3. The van der Waals surface area contributed by atoms with Gasteiger partial charge in [-0.05, 0) is 32.4 Å². The lowest BCUT2D eigenvalue weighted by molar-refractivity contribution is -0.205. The van der Waals surface area contributed by atoms with Crippen LogP contribution in [0.2, 0.25) is 0 Å². The van der Waals surface area contributed by atoms with Crippen LogP contribution >= 0.6 is 0 Å². The van der Waals surface area contributed by atoms with Crippen LogP contribution in [0.25, 0.3) is 0 Å². The lowest BCUT2D eigenvalue weighted by atomic mass is 10.1. The van der Waals surface area contributed by atoms with E-state index in [0.717, 1.165) is 19.6 Å². The van der Waals surface area contributed by atoms with Crippen molar-refractivity contribution in [2.75, 3.05) is 13.2 Å². The van der Waals surface area contributed by atoms with Crippen LogP contribution in [0.4, 0.5) is 0 Å². The Morgan fingerprint density at radius 3 is 2.33 bits per heavy atom. The Balaban J connectivity index is 2.73. The summed E-state index contributed by atoms with van der Waals surface area (Å²) in [6, 6.07) is 0. The molecule has 2 nitrogen and oxygen atoms in total. The minimum absolute atomic E-state index is 0.656. The molecule has 0 bridgehead atoms. The van der Waals surface area contributed by atoms with Crippen LogP contribution in [0, 0.1) is 0 Å². The molecule has 1 aliphatic heterocycles. The van der Waals surface area contributed by atoms with E-state index in [4.69, 9.17) is 9.47 Å². The summed E-state index contributed by atoms with van der Waals surface area (Å²) in [5.41, 5.74) is 1.18. The molecule has 1 rings (SSSR count). The number of hydrogen-bond donors (Lipinski definition) is 0. The van der Waals surface area contributed by atoms with Crippen LogP contribution in [0.5, 0.6) is 0 Å². The molecule has 0 aromatic heterocycles. The molecule has 1 heterocycles. The average Bonchev–Trinajstić information content (AvgIpc) is 2.05. The smallest absolute Gasteiger partial charge is 0.207 e. The zero-order chi connectivity index (χ0) is 9.03. The molecule has 1 fully saturated rings. The quantitative estimate of drug-likeness (QED) is 0.589. The summed E-state index contributed by atoms with van der Waals surface area (Å²) in [5, 5.41) is 0. The average molecular weight is 168 g/mol. The minimum atomic E-state index is -0.656. The number of ether oxygens (including phenoxy) is 2. The van der Waals surface area contributed by atoms with Crippen molar-refractivity contribution in [3.05, 3.63) is 24.3 Å². The molecule has 0 unspecified atom stereocenters. The molecule has 0 atom stereocenters. The molecular formula is C10H16O2. The van der Waals surface area contributed by atoms with Gasteiger partial charge in [-0.2, -0.15) is 0 Å². The van der Waals surface area contributed by atoms with Crippen LogP contribution in [-0.4, -0.2) is 19.0 Å². The Morgan fingerprint density at radius 1 is 1.33 bits per heavy atom. The molecule has 1 aliphatic rings. The molecule has 0 N–H and O–H groups in total. The lowest BCUT2D eigenvalue weighted by Gasteiger charge is -2.32. The highest BCUT2D eigenvalue weighted by molar-refractivity contribution is 5.11. The fraction of sp³-hybridized carbons (Fsp3) is 0.600. The van der Waals surface area contributed by atoms with Gasteiger partial charge in [0.15, 0.2) is 0 Å².